The fraction of sp³-hybridized carbons (Fsp3) is 0.348. The Balaban J connectivity index is 1.93. The molecule has 0 heterocycles. The van der Waals surface area contributed by atoms with Crippen molar-refractivity contribution in [3.63, 3.8) is 0 Å². The molecule has 2 aromatic rings. The maximum absolute atomic E-state index is 11.8. The van der Waals surface area contributed by atoms with Crippen molar-refractivity contribution in [2.75, 3.05) is 26.0 Å². The minimum atomic E-state index is -3.21. The van der Waals surface area contributed by atoms with E-state index in [1.54, 1.807) is 19.1 Å². The molecule has 2 aromatic carbocycles. The highest BCUT2D eigenvalue weighted by Gasteiger charge is 2.10. The molecule has 160 valence electrons. The normalized spacial score (nSPS) is 11.6. The van der Waals surface area contributed by atoms with E-state index in [2.05, 4.69) is 21.5 Å². The van der Waals surface area contributed by atoms with Gasteiger partial charge in [0.1, 0.15) is 12.4 Å². The molecule has 0 bridgehead atoms. The van der Waals surface area contributed by atoms with Gasteiger partial charge in [0.05, 0.1) is 11.4 Å². The van der Waals surface area contributed by atoms with Gasteiger partial charge in [0.2, 0.25) is 0 Å². The van der Waals surface area contributed by atoms with Crippen LogP contribution in [-0.4, -0.2) is 40.3 Å². The number of aliphatic imine (C=N–C) groups is 1. The van der Waals surface area contributed by atoms with Crippen LogP contribution in [0, 0.1) is 19.3 Å². The average molecular weight is 428 g/mol. The Morgan fingerprint density at radius 3 is 2.43 bits per heavy atom. The predicted octanol–water partition coefficient (Wildman–Crippen LogP) is 2.71. The van der Waals surface area contributed by atoms with Gasteiger partial charge >= 0.3 is 0 Å². The third-order valence-corrected chi connectivity index (χ3v) is 5.61. The van der Waals surface area contributed by atoms with Gasteiger partial charge in [-0.2, -0.15) is 0 Å². The monoisotopic (exact) mass is 427 g/mol. The van der Waals surface area contributed by atoms with Crippen LogP contribution in [-0.2, 0) is 22.8 Å². The van der Waals surface area contributed by atoms with Crippen LogP contribution < -0.4 is 15.4 Å². The minimum absolute atomic E-state index is 0.264. The molecule has 0 atom stereocenters. The molecule has 0 saturated carbocycles. The van der Waals surface area contributed by atoms with Gasteiger partial charge in [0.15, 0.2) is 15.8 Å². The summed E-state index contributed by atoms with van der Waals surface area (Å²) in [5, 5.41) is 6.55. The zero-order chi connectivity index (χ0) is 22.0. The van der Waals surface area contributed by atoms with Crippen molar-refractivity contribution in [2.24, 2.45) is 4.99 Å². The molecule has 0 aromatic heterocycles. The van der Waals surface area contributed by atoms with Crippen molar-refractivity contribution >= 4 is 15.8 Å². The number of rotatable bonds is 9. The summed E-state index contributed by atoms with van der Waals surface area (Å²) in [5.74, 6) is 3.93. The van der Waals surface area contributed by atoms with Gasteiger partial charge in [-0.3, -0.25) is 0 Å². The maximum Gasteiger partial charge on any atom is 0.191 e. The van der Waals surface area contributed by atoms with E-state index >= 15 is 0 Å². The van der Waals surface area contributed by atoms with Crippen molar-refractivity contribution in [1.82, 2.24) is 10.6 Å². The van der Waals surface area contributed by atoms with E-state index in [4.69, 9.17) is 11.2 Å². The first kappa shape index (κ1) is 23.3. The summed E-state index contributed by atoms with van der Waals surface area (Å²) in [6.45, 7) is 6.01. The number of benzene rings is 2. The van der Waals surface area contributed by atoms with Gasteiger partial charge in [-0.1, -0.05) is 30.2 Å². The van der Waals surface area contributed by atoms with Crippen molar-refractivity contribution in [2.45, 2.75) is 31.7 Å². The summed E-state index contributed by atoms with van der Waals surface area (Å²) in [6, 6.07) is 13.2. The van der Waals surface area contributed by atoms with E-state index in [1.165, 1.54) is 11.8 Å². The van der Waals surface area contributed by atoms with E-state index < -0.39 is 9.84 Å². The van der Waals surface area contributed by atoms with E-state index in [0.717, 1.165) is 42.3 Å². The Hall–Kier alpha value is -2.98. The van der Waals surface area contributed by atoms with Crippen LogP contribution in [0.5, 0.6) is 5.75 Å². The minimum Gasteiger partial charge on any atom is -0.481 e. The smallest absolute Gasteiger partial charge is 0.191 e. The first-order chi connectivity index (χ1) is 14.3. The fourth-order valence-electron chi connectivity index (χ4n) is 2.94. The SMILES string of the molecule is C#CCOc1ccc(CCNC(=NCc2ccc(S(C)(=O)=O)c(C)c2)NCC)cc1. The lowest BCUT2D eigenvalue weighted by Crippen LogP contribution is -2.38. The summed E-state index contributed by atoms with van der Waals surface area (Å²) in [6.07, 6.45) is 7.25. The van der Waals surface area contributed by atoms with Crippen molar-refractivity contribution in [1.29, 1.82) is 0 Å². The lowest BCUT2D eigenvalue weighted by Gasteiger charge is -2.12. The van der Waals surface area contributed by atoms with Gasteiger partial charge in [-0.05, 0) is 55.2 Å². The third-order valence-electron chi connectivity index (χ3n) is 4.35. The highest BCUT2D eigenvalue weighted by atomic mass is 32.2. The molecule has 0 aliphatic rings. The van der Waals surface area contributed by atoms with Crippen molar-refractivity contribution in [3.8, 4) is 18.1 Å². The molecule has 2 rings (SSSR count). The first-order valence-electron chi connectivity index (χ1n) is 9.80. The molecule has 0 radical (unpaired) electrons. The van der Waals surface area contributed by atoms with Gasteiger partial charge in [0, 0.05) is 19.3 Å². The van der Waals surface area contributed by atoms with Crippen molar-refractivity contribution < 1.29 is 13.2 Å². The molecular weight excluding hydrogens is 398 g/mol. The number of aryl methyl sites for hydroxylation is 1. The number of terminal acetylenes is 1. The summed E-state index contributed by atoms with van der Waals surface area (Å²) >= 11 is 0. The van der Waals surface area contributed by atoms with Crippen LogP contribution in [0.1, 0.15) is 23.6 Å². The van der Waals surface area contributed by atoms with Crippen LogP contribution in [0.25, 0.3) is 0 Å². The molecule has 0 saturated heterocycles. The molecule has 0 fully saturated rings. The zero-order valence-corrected chi connectivity index (χ0v) is 18.6. The molecule has 0 spiro atoms. The highest BCUT2D eigenvalue weighted by molar-refractivity contribution is 7.90. The maximum atomic E-state index is 11.8. The van der Waals surface area contributed by atoms with Gasteiger partial charge in [0.25, 0.3) is 0 Å². The van der Waals surface area contributed by atoms with Crippen LogP contribution in [0.3, 0.4) is 0 Å². The molecule has 6 nitrogen and oxygen atoms in total. The van der Waals surface area contributed by atoms with Crippen LogP contribution >= 0.6 is 0 Å². The largest absolute Gasteiger partial charge is 0.481 e. The summed E-state index contributed by atoms with van der Waals surface area (Å²) < 4.78 is 28.9. The molecule has 0 aliphatic carbocycles. The standard InChI is InChI=1S/C23H29N3O3S/c1-5-15-29-21-10-7-19(8-11-21)13-14-25-23(24-6-2)26-17-20-9-12-22(18(3)16-20)30(4,27)28/h1,7-12,16H,6,13-15,17H2,2-4H3,(H2,24,25,26). The van der Waals surface area contributed by atoms with E-state index in [0.29, 0.717) is 11.4 Å². The van der Waals surface area contributed by atoms with Crippen LogP contribution in [0.15, 0.2) is 52.4 Å². The molecule has 0 amide bonds. The first-order valence-corrected chi connectivity index (χ1v) is 11.7. The molecule has 0 aliphatic heterocycles. The third kappa shape index (κ3) is 7.45. The van der Waals surface area contributed by atoms with Gasteiger partial charge in [-0.25, -0.2) is 13.4 Å². The highest BCUT2D eigenvalue weighted by Crippen LogP contribution is 2.17. The molecule has 2 N–H and O–H groups in total. The summed E-state index contributed by atoms with van der Waals surface area (Å²) in [7, 11) is -3.21. The van der Waals surface area contributed by atoms with E-state index in [9.17, 15) is 8.42 Å². The molecule has 0 unspecified atom stereocenters. The number of sulfone groups is 1. The molecular formula is C23H29N3O3S. The summed E-state index contributed by atoms with van der Waals surface area (Å²) in [4.78, 5) is 4.96. The topological polar surface area (TPSA) is 79.8 Å². The fourth-order valence-corrected chi connectivity index (χ4v) is 3.90. The van der Waals surface area contributed by atoms with Gasteiger partial charge in [-0.15, -0.1) is 6.42 Å². The second kappa shape index (κ2) is 11.3. The Kier molecular flexibility index (Phi) is 8.75. The van der Waals surface area contributed by atoms with E-state index in [1.807, 2.05) is 37.3 Å². The lowest BCUT2D eigenvalue weighted by atomic mass is 10.1. The van der Waals surface area contributed by atoms with Crippen LogP contribution in [0.4, 0.5) is 0 Å². The Labute approximate surface area is 179 Å². The number of hydrogen-bond donors (Lipinski definition) is 2. The summed E-state index contributed by atoms with van der Waals surface area (Å²) in [5.41, 5.74) is 2.87. The van der Waals surface area contributed by atoms with E-state index in [-0.39, 0.29) is 6.61 Å². The predicted molar refractivity (Wildman–Crippen MR) is 122 cm³/mol. The second-order valence-electron chi connectivity index (χ2n) is 6.88. The number of guanidine groups is 1. The second-order valence-corrected chi connectivity index (χ2v) is 8.86. The van der Waals surface area contributed by atoms with Crippen molar-refractivity contribution in [3.05, 3.63) is 59.2 Å². The Morgan fingerprint density at radius 1 is 1.13 bits per heavy atom. The average Bonchev–Trinajstić information content (AvgIpc) is 2.70. The number of ether oxygens (including phenoxy) is 1. The lowest BCUT2D eigenvalue weighted by molar-refractivity contribution is 0.370. The number of nitrogens with one attached hydrogen (secondary N) is 2. The van der Waals surface area contributed by atoms with Gasteiger partial charge < -0.3 is 15.4 Å². The Morgan fingerprint density at radius 2 is 1.83 bits per heavy atom. The molecule has 7 heteroatoms. The number of nitrogens with zero attached hydrogens (tertiary/aromatic N) is 1. The molecule has 30 heavy (non-hydrogen) atoms. The Bertz CT molecular complexity index is 1010. The quantitative estimate of drug-likeness (QED) is 0.365. The zero-order valence-electron chi connectivity index (χ0n) is 17.7. The van der Waals surface area contributed by atoms with Crippen LogP contribution in [0.2, 0.25) is 0 Å². The number of hydrogen-bond acceptors (Lipinski definition) is 4.